The van der Waals surface area contributed by atoms with Crippen LogP contribution in [-0.2, 0) is 0 Å². The summed E-state index contributed by atoms with van der Waals surface area (Å²) in [5.41, 5.74) is 0.515. The third-order valence-electron chi connectivity index (χ3n) is 2.64. The number of benzene rings is 1. The third-order valence-corrected chi connectivity index (χ3v) is 2.64. The zero-order valence-corrected chi connectivity index (χ0v) is 8.29. The molecule has 0 aliphatic carbocycles. The molecule has 0 spiro atoms. The summed E-state index contributed by atoms with van der Waals surface area (Å²) >= 11 is 0. The van der Waals surface area contributed by atoms with Crippen molar-refractivity contribution in [3.8, 4) is 0 Å². The molecule has 0 atom stereocenters. The van der Waals surface area contributed by atoms with Crippen LogP contribution < -0.4 is 10.8 Å². The summed E-state index contributed by atoms with van der Waals surface area (Å²) in [7, 11) is 0. The molecule has 3 rings (SSSR count). The van der Waals surface area contributed by atoms with E-state index < -0.39 is 0 Å². The molecule has 2 heterocycles. The van der Waals surface area contributed by atoms with E-state index in [-0.39, 0.29) is 5.43 Å². The number of pyridine rings is 1. The summed E-state index contributed by atoms with van der Waals surface area (Å²) in [4.78, 5) is 15.9. The highest BCUT2D eigenvalue weighted by atomic mass is 16.2. The molecule has 4 heteroatoms. The number of hydrogen-bond acceptors (Lipinski definition) is 3. The average Bonchev–Trinajstić information content (AvgIpc) is 2.72. The fourth-order valence-electron chi connectivity index (χ4n) is 1.89. The van der Waals surface area contributed by atoms with Gasteiger partial charge in [0.25, 0.3) is 0 Å². The van der Waals surface area contributed by atoms with Gasteiger partial charge in [0, 0.05) is 6.20 Å². The quantitative estimate of drug-likeness (QED) is 0.601. The first-order chi connectivity index (χ1) is 7.81. The molecule has 0 saturated heterocycles. The molecule has 0 amide bonds. The molecule has 0 aliphatic rings. The molecule has 3 aromatic rings. The van der Waals surface area contributed by atoms with Gasteiger partial charge in [-0.15, -0.1) is 0 Å². The number of fused-ring (bicyclic) bond motifs is 3. The lowest BCUT2D eigenvalue weighted by Crippen LogP contribution is -2.09. The van der Waals surface area contributed by atoms with Crippen molar-refractivity contribution in [3.05, 3.63) is 52.2 Å². The van der Waals surface area contributed by atoms with Gasteiger partial charge < -0.3 is 5.11 Å². The van der Waals surface area contributed by atoms with Gasteiger partial charge in [-0.2, -0.15) is 0 Å². The van der Waals surface area contributed by atoms with Gasteiger partial charge >= 0.3 is 0 Å². The molecule has 78 valence electrons. The summed E-state index contributed by atoms with van der Waals surface area (Å²) in [5, 5.41) is 11.0. The van der Waals surface area contributed by atoms with E-state index in [9.17, 15) is 4.79 Å². The Morgan fingerprint density at radius 2 is 2.19 bits per heavy atom. The van der Waals surface area contributed by atoms with E-state index in [1.807, 2.05) is 12.1 Å². The normalized spacial score (nSPS) is 12.6. The number of nitrogens with zero attached hydrogens (tertiary/aromatic N) is 2. The Kier molecular flexibility index (Phi) is 1.71. The van der Waals surface area contributed by atoms with E-state index in [0.717, 1.165) is 11.6 Å². The van der Waals surface area contributed by atoms with Gasteiger partial charge in [0.2, 0.25) is 0 Å². The molecular weight excluding hydrogens is 204 g/mol. The maximum atomic E-state index is 11.8. The van der Waals surface area contributed by atoms with Crippen molar-refractivity contribution in [2.75, 3.05) is 0 Å². The van der Waals surface area contributed by atoms with Gasteiger partial charge in [-0.1, -0.05) is 12.1 Å². The van der Waals surface area contributed by atoms with Gasteiger partial charge in [-0.25, -0.2) is 4.98 Å². The number of aliphatic hydroxyl groups is 1. The van der Waals surface area contributed by atoms with Crippen molar-refractivity contribution in [2.24, 2.45) is 0 Å². The summed E-state index contributed by atoms with van der Waals surface area (Å²) in [6.45, 7) is 0. The highest BCUT2D eigenvalue weighted by Gasteiger charge is 2.05. The second-order valence-electron chi connectivity index (χ2n) is 3.54. The van der Waals surface area contributed by atoms with E-state index in [0.29, 0.717) is 16.4 Å². The van der Waals surface area contributed by atoms with Crippen LogP contribution >= 0.6 is 0 Å². The number of aliphatic hydroxyl groups excluding tert-OH is 1. The molecule has 0 saturated carbocycles. The lowest BCUT2D eigenvalue weighted by molar-refractivity contribution is 0.537. The lowest BCUT2D eigenvalue weighted by atomic mass is 10.1. The second-order valence-corrected chi connectivity index (χ2v) is 3.54. The molecule has 1 N–H and O–H groups in total. The minimum absolute atomic E-state index is 0.0572. The highest BCUT2D eigenvalue weighted by Crippen LogP contribution is 2.12. The summed E-state index contributed by atoms with van der Waals surface area (Å²) < 4.78 is 1.68. The average molecular weight is 212 g/mol. The van der Waals surface area contributed by atoms with Crippen molar-refractivity contribution < 1.29 is 5.11 Å². The van der Waals surface area contributed by atoms with Gasteiger partial charge in [-0.3, -0.25) is 9.20 Å². The minimum atomic E-state index is -0.0572. The number of rotatable bonds is 0. The van der Waals surface area contributed by atoms with Crippen LogP contribution in [0.5, 0.6) is 0 Å². The van der Waals surface area contributed by atoms with Crippen LogP contribution in [0.15, 0.2) is 41.5 Å². The predicted octanol–water partition coefficient (Wildman–Crippen LogP) is 0.863. The smallest absolute Gasteiger partial charge is 0.190 e. The van der Waals surface area contributed by atoms with Crippen LogP contribution in [0.3, 0.4) is 0 Å². The number of imidazole rings is 1. The first kappa shape index (κ1) is 8.91. The van der Waals surface area contributed by atoms with E-state index in [2.05, 4.69) is 4.98 Å². The molecule has 0 fully saturated rings. The molecule has 16 heavy (non-hydrogen) atoms. The first-order valence-electron chi connectivity index (χ1n) is 4.84. The number of aromatic nitrogens is 2. The fraction of sp³-hybridized carbons (Fsp3) is 0. The molecule has 0 bridgehead atoms. The molecule has 0 aliphatic heterocycles. The highest BCUT2D eigenvalue weighted by molar-refractivity contribution is 5.93. The zero-order chi connectivity index (χ0) is 11.1. The maximum Gasteiger partial charge on any atom is 0.190 e. The molecule has 0 radical (unpaired) electrons. The van der Waals surface area contributed by atoms with Crippen LogP contribution in [0.25, 0.3) is 22.7 Å². The van der Waals surface area contributed by atoms with Gasteiger partial charge in [-0.05, 0) is 17.5 Å². The van der Waals surface area contributed by atoms with Crippen LogP contribution in [0.2, 0.25) is 0 Å². The Morgan fingerprint density at radius 3 is 3.00 bits per heavy atom. The van der Waals surface area contributed by atoms with Gasteiger partial charge in [0.15, 0.2) is 5.43 Å². The van der Waals surface area contributed by atoms with E-state index in [1.54, 1.807) is 16.7 Å². The fourth-order valence-corrected chi connectivity index (χ4v) is 1.89. The largest absolute Gasteiger partial charge is 0.513 e. The maximum absolute atomic E-state index is 11.8. The lowest BCUT2D eigenvalue weighted by Gasteiger charge is -1.98. The van der Waals surface area contributed by atoms with Crippen molar-refractivity contribution in [2.45, 2.75) is 0 Å². The van der Waals surface area contributed by atoms with E-state index >= 15 is 0 Å². The third kappa shape index (κ3) is 1.04. The van der Waals surface area contributed by atoms with Crippen LogP contribution in [-0.4, -0.2) is 14.5 Å². The van der Waals surface area contributed by atoms with E-state index in [4.69, 9.17) is 5.11 Å². The zero-order valence-electron chi connectivity index (χ0n) is 8.29. The van der Waals surface area contributed by atoms with Crippen molar-refractivity contribution >= 4 is 22.7 Å². The van der Waals surface area contributed by atoms with Crippen LogP contribution in [0, 0.1) is 0 Å². The Labute approximate surface area is 90.1 Å². The predicted molar refractivity (Wildman–Crippen MR) is 61.3 cm³/mol. The summed E-state index contributed by atoms with van der Waals surface area (Å²) in [6, 6.07) is 6.94. The monoisotopic (exact) mass is 212 g/mol. The first-order valence-corrected chi connectivity index (χ1v) is 4.84. The Morgan fingerprint density at radius 1 is 1.31 bits per heavy atom. The van der Waals surface area contributed by atoms with Crippen LogP contribution in [0.4, 0.5) is 0 Å². The van der Waals surface area contributed by atoms with Crippen molar-refractivity contribution in [1.29, 1.82) is 0 Å². The van der Waals surface area contributed by atoms with Crippen LogP contribution in [0.1, 0.15) is 0 Å². The van der Waals surface area contributed by atoms with Crippen molar-refractivity contribution in [1.82, 2.24) is 9.38 Å². The minimum Gasteiger partial charge on any atom is -0.513 e. The second kappa shape index (κ2) is 3.06. The SMILES string of the molecule is O=c1cccc2ccn3/c(=C/O)cnc3c12. The Bertz CT molecular complexity index is 790. The molecular formula is C12H8N2O2. The number of hydrogen-bond donors (Lipinski definition) is 1. The summed E-state index contributed by atoms with van der Waals surface area (Å²) in [6.07, 6.45) is 4.28. The Balaban J connectivity index is 2.70. The topological polar surface area (TPSA) is 54.6 Å². The summed E-state index contributed by atoms with van der Waals surface area (Å²) in [5.74, 6) is 0. The standard InChI is InChI=1S/C12H8N2O2/c15-7-9-6-13-12-11-8(4-5-14(9)12)2-1-3-10(11)16/h1-7,15H/b9-7+. The van der Waals surface area contributed by atoms with Crippen molar-refractivity contribution in [3.63, 3.8) is 0 Å². The Hall–Kier alpha value is -2.36. The molecule has 2 aromatic heterocycles. The molecule has 1 aromatic carbocycles. The van der Waals surface area contributed by atoms with Gasteiger partial charge in [0.1, 0.15) is 11.9 Å². The molecule has 0 unspecified atom stereocenters. The van der Waals surface area contributed by atoms with E-state index in [1.165, 1.54) is 12.3 Å². The molecule has 4 nitrogen and oxygen atoms in total. The van der Waals surface area contributed by atoms with Gasteiger partial charge in [0.05, 0.1) is 16.9 Å².